The molecule has 0 unspecified atom stereocenters. The number of thiocarbonyl (C=S) groups is 1. The van der Waals surface area contributed by atoms with Crippen molar-refractivity contribution in [2.45, 2.75) is 20.8 Å². The van der Waals surface area contributed by atoms with E-state index in [1.807, 2.05) is 57.2 Å². The molecule has 2 rings (SSSR count). The van der Waals surface area contributed by atoms with E-state index in [2.05, 4.69) is 26.6 Å². The minimum atomic E-state index is -0.315. The van der Waals surface area contributed by atoms with E-state index >= 15 is 0 Å². The Kier molecular flexibility index (Phi) is 6.34. The number of hydrogen-bond donors (Lipinski definition) is 2. The maximum absolute atomic E-state index is 12.0. The van der Waals surface area contributed by atoms with Crippen LogP contribution >= 0.6 is 28.1 Å². The Hall–Kier alpha value is -1.92. The molecule has 24 heavy (non-hydrogen) atoms. The first-order valence-corrected chi connectivity index (χ1v) is 8.62. The fraction of sp³-hybridized carbons (Fsp3) is 0.222. The molecule has 2 N–H and O–H groups in total. The summed E-state index contributed by atoms with van der Waals surface area (Å²) in [6.45, 7) is 5.88. The minimum Gasteiger partial charge on any atom is -0.483 e. The Bertz CT molecular complexity index is 778. The van der Waals surface area contributed by atoms with Crippen LogP contribution in [0.4, 0.5) is 5.69 Å². The van der Waals surface area contributed by atoms with Crippen LogP contribution in [0.2, 0.25) is 0 Å². The third kappa shape index (κ3) is 5.32. The zero-order valence-corrected chi connectivity index (χ0v) is 16.2. The highest BCUT2D eigenvalue weighted by Crippen LogP contribution is 2.25. The van der Waals surface area contributed by atoms with Gasteiger partial charge in [-0.05, 0) is 78.2 Å². The zero-order chi connectivity index (χ0) is 17.7. The summed E-state index contributed by atoms with van der Waals surface area (Å²) < 4.78 is 6.31. The van der Waals surface area contributed by atoms with Gasteiger partial charge < -0.3 is 10.1 Å². The van der Waals surface area contributed by atoms with Crippen molar-refractivity contribution in [2.75, 3.05) is 11.9 Å². The molecule has 0 atom stereocenters. The standard InChI is InChI=1S/C18H19BrN2O2S/c1-11-4-6-15(13(3)8-11)20-18(24)21-17(22)10-23-16-7-5-12(2)9-14(16)19/h4-9H,10H2,1-3H3,(H2,20,21,22,24). The number of halogens is 1. The van der Waals surface area contributed by atoms with Gasteiger partial charge in [0.25, 0.3) is 5.91 Å². The van der Waals surface area contributed by atoms with Crippen molar-refractivity contribution in [1.82, 2.24) is 5.32 Å². The molecule has 1 amide bonds. The van der Waals surface area contributed by atoms with Gasteiger partial charge in [0.15, 0.2) is 11.7 Å². The Labute approximate surface area is 155 Å². The molecule has 2 aromatic rings. The maximum atomic E-state index is 12.0. The molecule has 0 aliphatic carbocycles. The summed E-state index contributed by atoms with van der Waals surface area (Å²) in [4.78, 5) is 12.0. The second-order valence-corrected chi connectivity index (χ2v) is 6.81. The number of ether oxygens (including phenoxy) is 1. The third-order valence-electron chi connectivity index (χ3n) is 3.33. The lowest BCUT2D eigenvalue weighted by molar-refractivity contribution is -0.121. The molecule has 0 saturated carbocycles. The predicted octanol–water partition coefficient (Wildman–Crippen LogP) is 4.27. The Morgan fingerprint density at radius 1 is 1.12 bits per heavy atom. The van der Waals surface area contributed by atoms with Crippen molar-refractivity contribution in [3.63, 3.8) is 0 Å². The fourth-order valence-corrected chi connectivity index (χ4v) is 2.97. The summed E-state index contributed by atoms with van der Waals surface area (Å²) in [5.74, 6) is 0.300. The number of nitrogens with one attached hydrogen (secondary N) is 2. The van der Waals surface area contributed by atoms with Crippen LogP contribution in [-0.2, 0) is 4.79 Å². The van der Waals surface area contributed by atoms with E-state index in [9.17, 15) is 4.79 Å². The molecule has 126 valence electrons. The molecule has 0 bridgehead atoms. The SMILES string of the molecule is Cc1ccc(NC(=S)NC(=O)COc2ccc(C)cc2Br)c(C)c1. The maximum Gasteiger partial charge on any atom is 0.264 e. The number of amides is 1. The smallest absolute Gasteiger partial charge is 0.264 e. The van der Waals surface area contributed by atoms with Gasteiger partial charge in [-0.15, -0.1) is 0 Å². The molecule has 4 nitrogen and oxygen atoms in total. The topological polar surface area (TPSA) is 50.4 Å². The van der Waals surface area contributed by atoms with Gasteiger partial charge in [-0.3, -0.25) is 10.1 Å². The first-order valence-electron chi connectivity index (χ1n) is 7.42. The predicted molar refractivity (Wildman–Crippen MR) is 105 cm³/mol. The van der Waals surface area contributed by atoms with E-state index in [1.165, 1.54) is 5.56 Å². The lowest BCUT2D eigenvalue weighted by atomic mass is 10.1. The first kappa shape index (κ1) is 18.4. The van der Waals surface area contributed by atoms with Crippen molar-refractivity contribution < 1.29 is 9.53 Å². The van der Waals surface area contributed by atoms with Crippen LogP contribution in [0.25, 0.3) is 0 Å². The molecule has 0 radical (unpaired) electrons. The van der Waals surface area contributed by atoms with Crippen molar-refractivity contribution in [1.29, 1.82) is 0 Å². The third-order valence-corrected chi connectivity index (χ3v) is 4.15. The molecular weight excluding hydrogens is 388 g/mol. The number of carbonyl (C=O) groups excluding carboxylic acids is 1. The van der Waals surface area contributed by atoms with Crippen LogP contribution in [0.5, 0.6) is 5.75 Å². The van der Waals surface area contributed by atoms with Crippen molar-refractivity contribution in [2.24, 2.45) is 0 Å². The second kappa shape index (κ2) is 8.26. The summed E-state index contributed by atoms with van der Waals surface area (Å²) in [5, 5.41) is 5.88. The van der Waals surface area contributed by atoms with E-state index < -0.39 is 0 Å². The number of aryl methyl sites for hydroxylation is 3. The summed E-state index contributed by atoms with van der Waals surface area (Å²) in [6, 6.07) is 11.6. The van der Waals surface area contributed by atoms with Crippen molar-refractivity contribution in [3.05, 3.63) is 57.6 Å². The van der Waals surface area contributed by atoms with Crippen LogP contribution in [0, 0.1) is 20.8 Å². The number of anilines is 1. The van der Waals surface area contributed by atoms with Gasteiger partial charge >= 0.3 is 0 Å². The van der Waals surface area contributed by atoms with Gasteiger partial charge in [0.05, 0.1) is 4.47 Å². The lowest BCUT2D eigenvalue weighted by Gasteiger charge is -2.13. The number of carbonyl (C=O) groups is 1. The number of rotatable bonds is 4. The molecule has 0 aromatic heterocycles. The number of hydrogen-bond acceptors (Lipinski definition) is 3. The Balaban J connectivity index is 1.86. The summed E-state index contributed by atoms with van der Waals surface area (Å²) >= 11 is 8.58. The largest absolute Gasteiger partial charge is 0.483 e. The monoisotopic (exact) mass is 406 g/mol. The van der Waals surface area contributed by atoms with E-state index in [0.29, 0.717) is 5.75 Å². The van der Waals surface area contributed by atoms with Crippen molar-refractivity contribution in [3.8, 4) is 5.75 Å². The van der Waals surface area contributed by atoms with Crippen molar-refractivity contribution >= 4 is 44.9 Å². The quantitative estimate of drug-likeness (QED) is 0.744. The number of benzene rings is 2. The fourth-order valence-electron chi connectivity index (χ4n) is 2.14. The average Bonchev–Trinajstić information content (AvgIpc) is 2.49. The molecule has 6 heteroatoms. The Morgan fingerprint density at radius 3 is 2.46 bits per heavy atom. The van der Waals surface area contributed by atoms with Crippen LogP contribution in [-0.4, -0.2) is 17.6 Å². The van der Waals surface area contributed by atoms with Gasteiger partial charge in [0.2, 0.25) is 0 Å². The van der Waals surface area contributed by atoms with Crippen LogP contribution in [0.15, 0.2) is 40.9 Å². The zero-order valence-electron chi connectivity index (χ0n) is 13.8. The first-order chi connectivity index (χ1) is 11.3. The van der Waals surface area contributed by atoms with E-state index in [-0.39, 0.29) is 17.6 Å². The normalized spacial score (nSPS) is 10.2. The summed E-state index contributed by atoms with van der Waals surface area (Å²) in [7, 11) is 0. The van der Waals surface area contributed by atoms with Crippen LogP contribution in [0.1, 0.15) is 16.7 Å². The molecule has 0 heterocycles. The molecule has 2 aromatic carbocycles. The molecular formula is C18H19BrN2O2S. The molecule has 0 spiro atoms. The Morgan fingerprint density at radius 2 is 1.79 bits per heavy atom. The van der Waals surface area contributed by atoms with Crippen LogP contribution in [0.3, 0.4) is 0 Å². The molecule has 0 aliphatic rings. The van der Waals surface area contributed by atoms with Gasteiger partial charge in [-0.1, -0.05) is 23.8 Å². The highest BCUT2D eigenvalue weighted by molar-refractivity contribution is 9.10. The molecule has 0 saturated heterocycles. The summed E-state index contributed by atoms with van der Waals surface area (Å²) in [6.07, 6.45) is 0. The van der Waals surface area contributed by atoms with Gasteiger partial charge in [-0.2, -0.15) is 0 Å². The van der Waals surface area contributed by atoms with E-state index in [1.54, 1.807) is 0 Å². The molecule has 0 fully saturated rings. The van der Waals surface area contributed by atoms with Gasteiger partial charge in [-0.25, -0.2) is 0 Å². The second-order valence-electron chi connectivity index (χ2n) is 5.54. The lowest BCUT2D eigenvalue weighted by Crippen LogP contribution is -2.37. The minimum absolute atomic E-state index is 0.115. The van der Waals surface area contributed by atoms with Gasteiger partial charge in [0.1, 0.15) is 5.75 Å². The van der Waals surface area contributed by atoms with E-state index in [0.717, 1.165) is 21.3 Å². The highest BCUT2D eigenvalue weighted by Gasteiger charge is 2.09. The van der Waals surface area contributed by atoms with Crippen LogP contribution < -0.4 is 15.4 Å². The molecule has 0 aliphatic heterocycles. The average molecular weight is 407 g/mol. The summed E-state index contributed by atoms with van der Waals surface area (Å²) in [5.41, 5.74) is 4.21. The highest BCUT2D eigenvalue weighted by atomic mass is 79.9. The van der Waals surface area contributed by atoms with E-state index in [4.69, 9.17) is 17.0 Å². The van der Waals surface area contributed by atoms with Gasteiger partial charge in [0, 0.05) is 5.69 Å².